The Labute approximate surface area is 169 Å². The van der Waals surface area contributed by atoms with E-state index in [0.717, 1.165) is 37.8 Å². The van der Waals surface area contributed by atoms with Gasteiger partial charge in [-0.05, 0) is 55.7 Å². The van der Waals surface area contributed by atoms with Crippen molar-refractivity contribution in [1.29, 1.82) is 0 Å². The number of carboxylic acid groups (broad SMARTS) is 1. The Morgan fingerprint density at radius 3 is 2.57 bits per heavy atom. The molecule has 0 atom stereocenters. The van der Waals surface area contributed by atoms with Crippen LogP contribution in [-0.2, 0) is 6.54 Å². The van der Waals surface area contributed by atoms with Crippen molar-refractivity contribution in [3.63, 3.8) is 0 Å². The van der Waals surface area contributed by atoms with Crippen LogP contribution < -0.4 is 16.4 Å². The second kappa shape index (κ2) is 9.71. The van der Waals surface area contributed by atoms with Gasteiger partial charge in [0, 0.05) is 24.3 Å². The van der Waals surface area contributed by atoms with Gasteiger partial charge in [-0.3, -0.25) is 0 Å². The molecule has 1 aromatic carbocycles. The van der Waals surface area contributed by atoms with Crippen molar-refractivity contribution in [2.24, 2.45) is 17.6 Å². The van der Waals surface area contributed by atoms with Gasteiger partial charge in [0.25, 0.3) is 0 Å². The van der Waals surface area contributed by atoms with Crippen LogP contribution in [0.2, 0.25) is 5.02 Å². The normalized spacial score (nSPS) is 19.2. The Bertz CT molecular complexity index is 809. The lowest BCUT2D eigenvalue weighted by molar-refractivity contribution is 0.0697. The van der Waals surface area contributed by atoms with Crippen LogP contribution >= 0.6 is 11.6 Å². The van der Waals surface area contributed by atoms with E-state index in [1.165, 1.54) is 6.20 Å². The highest BCUT2D eigenvalue weighted by molar-refractivity contribution is 6.31. The first kappa shape index (κ1) is 20.4. The summed E-state index contributed by atoms with van der Waals surface area (Å²) in [4.78, 5) is 20.0. The van der Waals surface area contributed by atoms with E-state index in [9.17, 15) is 9.90 Å². The molecule has 0 spiro atoms. The van der Waals surface area contributed by atoms with Crippen LogP contribution in [0.25, 0.3) is 0 Å². The number of benzene rings is 1. The van der Waals surface area contributed by atoms with Crippen molar-refractivity contribution < 1.29 is 9.90 Å². The average Bonchev–Trinajstić information content (AvgIpc) is 2.72. The molecule has 28 heavy (non-hydrogen) atoms. The molecule has 5 N–H and O–H groups in total. The van der Waals surface area contributed by atoms with Crippen molar-refractivity contribution in [2.45, 2.75) is 32.2 Å². The van der Waals surface area contributed by atoms with Crippen LogP contribution in [0.15, 0.2) is 30.5 Å². The molecule has 2 aromatic rings. The maximum Gasteiger partial charge on any atom is 0.341 e. The SMILES string of the molecule is NCC1CCC(CNc2nc(NCc3ccccc3Cl)ncc2C(=O)O)CC1. The summed E-state index contributed by atoms with van der Waals surface area (Å²) in [7, 11) is 0. The van der Waals surface area contributed by atoms with Gasteiger partial charge in [0.05, 0.1) is 0 Å². The summed E-state index contributed by atoms with van der Waals surface area (Å²) in [5.74, 6) is 0.765. The molecule has 0 amide bonds. The summed E-state index contributed by atoms with van der Waals surface area (Å²) < 4.78 is 0. The molecule has 1 aliphatic carbocycles. The van der Waals surface area contributed by atoms with E-state index in [1.807, 2.05) is 24.3 Å². The molecule has 1 aromatic heterocycles. The lowest BCUT2D eigenvalue weighted by Crippen LogP contribution is -2.25. The number of hydrogen-bond donors (Lipinski definition) is 4. The van der Waals surface area contributed by atoms with Crippen molar-refractivity contribution in [1.82, 2.24) is 9.97 Å². The lowest BCUT2D eigenvalue weighted by atomic mass is 9.82. The third kappa shape index (κ3) is 5.33. The van der Waals surface area contributed by atoms with Crippen molar-refractivity contribution in [3.05, 3.63) is 46.6 Å². The molecule has 150 valence electrons. The number of halogens is 1. The molecule has 1 heterocycles. The molecule has 7 nitrogen and oxygen atoms in total. The summed E-state index contributed by atoms with van der Waals surface area (Å²) in [6.45, 7) is 1.89. The van der Waals surface area contributed by atoms with Crippen LogP contribution in [0.4, 0.5) is 11.8 Å². The Hall–Kier alpha value is -2.38. The minimum Gasteiger partial charge on any atom is -0.477 e. The Morgan fingerprint density at radius 2 is 1.89 bits per heavy atom. The summed E-state index contributed by atoms with van der Waals surface area (Å²) in [5, 5.41) is 16.4. The highest BCUT2D eigenvalue weighted by atomic mass is 35.5. The number of carboxylic acids is 1. The molecule has 0 bridgehead atoms. The minimum absolute atomic E-state index is 0.0685. The highest BCUT2D eigenvalue weighted by Crippen LogP contribution is 2.28. The topological polar surface area (TPSA) is 113 Å². The van der Waals surface area contributed by atoms with Gasteiger partial charge in [0.1, 0.15) is 11.4 Å². The molecule has 1 aliphatic rings. The number of aromatic carboxylic acids is 1. The molecule has 1 fully saturated rings. The molecular formula is C20H26ClN5O2. The summed E-state index contributed by atoms with van der Waals surface area (Å²) in [6.07, 6.45) is 5.78. The third-order valence-electron chi connectivity index (χ3n) is 5.27. The van der Waals surface area contributed by atoms with E-state index in [4.69, 9.17) is 17.3 Å². The van der Waals surface area contributed by atoms with Gasteiger partial charge in [-0.25, -0.2) is 9.78 Å². The monoisotopic (exact) mass is 403 g/mol. The van der Waals surface area contributed by atoms with Gasteiger partial charge < -0.3 is 21.5 Å². The summed E-state index contributed by atoms with van der Waals surface area (Å²) >= 11 is 6.17. The number of nitrogens with zero attached hydrogens (tertiary/aromatic N) is 2. The second-order valence-corrected chi connectivity index (χ2v) is 7.62. The largest absolute Gasteiger partial charge is 0.477 e. The summed E-state index contributed by atoms with van der Waals surface area (Å²) in [6, 6.07) is 7.51. The number of carbonyl (C=O) groups is 1. The van der Waals surface area contributed by atoms with Crippen LogP contribution in [0.5, 0.6) is 0 Å². The fourth-order valence-electron chi connectivity index (χ4n) is 3.49. The van der Waals surface area contributed by atoms with Crippen molar-refractivity contribution in [3.8, 4) is 0 Å². The van der Waals surface area contributed by atoms with Gasteiger partial charge in [-0.15, -0.1) is 0 Å². The maximum atomic E-state index is 11.5. The van der Waals surface area contributed by atoms with Crippen molar-refractivity contribution in [2.75, 3.05) is 23.7 Å². The first-order valence-electron chi connectivity index (χ1n) is 9.58. The average molecular weight is 404 g/mol. The number of rotatable bonds is 8. The molecule has 3 rings (SSSR count). The van der Waals surface area contributed by atoms with Gasteiger partial charge in [-0.1, -0.05) is 29.8 Å². The smallest absolute Gasteiger partial charge is 0.341 e. The molecule has 8 heteroatoms. The number of nitrogens with one attached hydrogen (secondary N) is 2. The predicted octanol–water partition coefficient (Wildman–Crippen LogP) is 3.62. The quantitative estimate of drug-likeness (QED) is 0.532. The molecule has 0 aliphatic heterocycles. The first-order chi connectivity index (χ1) is 13.6. The van der Waals surface area contributed by atoms with Crippen LogP contribution in [0.1, 0.15) is 41.6 Å². The molecule has 1 saturated carbocycles. The van der Waals surface area contributed by atoms with Gasteiger partial charge in [0.2, 0.25) is 5.95 Å². The number of nitrogens with two attached hydrogens (primary N) is 1. The van der Waals surface area contributed by atoms with Gasteiger partial charge >= 0.3 is 5.97 Å². The first-order valence-corrected chi connectivity index (χ1v) is 9.96. The lowest BCUT2D eigenvalue weighted by Gasteiger charge is -2.28. The Morgan fingerprint density at radius 1 is 1.18 bits per heavy atom. The Balaban J connectivity index is 1.64. The molecule has 0 saturated heterocycles. The zero-order valence-corrected chi connectivity index (χ0v) is 16.5. The Kier molecular flexibility index (Phi) is 7.06. The molecule has 0 radical (unpaired) electrons. The third-order valence-corrected chi connectivity index (χ3v) is 5.64. The van der Waals surface area contributed by atoms with Gasteiger partial charge in [-0.2, -0.15) is 4.98 Å². The van der Waals surface area contributed by atoms with E-state index >= 15 is 0 Å². The number of anilines is 2. The predicted molar refractivity (Wildman–Crippen MR) is 111 cm³/mol. The second-order valence-electron chi connectivity index (χ2n) is 7.21. The molecular weight excluding hydrogens is 378 g/mol. The zero-order valence-electron chi connectivity index (χ0n) is 15.7. The van der Waals surface area contributed by atoms with Crippen LogP contribution in [0.3, 0.4) is 0 Å². The summed E-state index contributed by atoms with van der Waals surface area (Å²) in [5.41, 5.74) is 6.74. The van der Waals surface area contributed by atoms with E-state index in [1.54, 1.807) is 0 Å². The fourth-order valence-corrected chi connectivity index (χ4v) is 3.69. The minimum atomic E-state index is -1.05. The van der Waals surface area contributed by atoms with E-state index in [0.29, 0.717) is 41.7 Å². The number of hydrogen-bond acceptors (Lipinski definition) is 6. The van der Waals surface area contributed by atoms with Gasteiger partial charge in [0.15, 0.2) is 0 Å². The fraction of sp³-hybridized carbons (Fsp3) is 0.450. The standard InChI is InChI=1S/C20H26ClN5O2/c21-17-4-2-1-3-15(17)11-24-20-25-12-16(19(27)28)18(26-20)23-10-14-7-5-13(9-22)6-8-14/h1-4,12-14H,5-11,22H2,(H,27,28)(H2,23,24,25,26). The van der Waals surface area contributed by atoms with Crippen LogP contribution in [0, 0.1) is 11.8 Å². The van der Waals surface area contributed by atoms with Crippen molar-refractivity contribution >= 4 is 29.3 Å². The number of aromatic nitrogens is 2. The van der Waals surface area contributed by atoms with E-state index < -0.39 is 5.97 Å². The highest BCUT2D eigenvalue weighted by Gasteiger charge is 2.21. The van der Waals surface area contributed by atoms with Crippen LogP contribution in [-0.4, -0.2) is 34.1 Å². The molecule has 0 unspecified atom stereocenters. The zero-order chi connectivity index (χ0) is 19.9. The van der Waals surface area contributed by atoms with E-state index in [2.05, 4.69) is 20.6 Å². The maximum absolute atomic E-state index is 11.5. The van der Waals surface area contributed by atoms with E-state index in [-0.39, 0.29) is 5.56 Å².